The standard InChI is InChI=1S/C22H21NO6/c1-4-27-21(24)15-8-11-18-19(13-15)29-20(23-18)17(22(25)28-5-2)12-14-6-9-16(26-3)10-7-14/h6-13H,4-5H2,1-3H3/b17-12-. The van der Waals surface area contributed by atoms with Crippen molar-refractivity contribution < 1.29 is 28.2 Å². The van der Waals surface area contributed by atoms with Crippen LogP contribution in [-0.4, -0.2) is 37.2 Å². The largest absolute Gasteiger partial charge is 0.497 e. The van der Waals surface area contributed by atoms with Gasteiger partial charge in [-0.15, -0.1) is 0 Å². The molecular formula is C22H21NO6. The van der Waals surface area contributed by atoms with Crippen LogP contribution in [0.1, 0.15) is 35.7 Å². The summed E-state index contributed by atoms with van der Waals surface area (Å²) in [5.74, 6) is -0.198. The van der Waals surface area contributed by atoms with E-state index in [0.29, 0.717) is 22.4 Å². The fraction of sp³-hybridized carbons (Fsp3) is 0.227. The monoisotopic (exact) mass is 395 g/mol. The van der Waals surface area contributed by atoms with Crippen LogP contribution in [-0.2, 0) is 14.3 Å². The second-order valence-electron chi connectivity index (χ2n) is 5.97. The highest BCUT2D eigenvalue weighted by Crippen LogP contribution is 2.26. The molecule has 0 saturated carbocycles. The number of oxazole rings is 1. The van der Waals surface area contributed by atoms with Crippen molar-refractivity contribution in [3.63, 3.8) is 0 Å². The zero-order valence-corrected chi connectivity index (χ0v) is 16.4. The maximum atomic E-state index is 12.5. The lowest BCUT2D eigenvalue weighted by Crippen LogP contribution is -2.07. The quantitative estimate of drug-likeness (QED) is 0.439. The van der Waals surface area contributed by atoms with Gasteiger partial charge in [0.25, 0.3) is 0 Å². The number of rotatable bonds is 7. The Hall–Kier alpha value is -3.61. The molecule has 1 aromatic heterocycles. The normalized spacial score (nSPS) is 11.3. The van der Waals surface area contributed by atoms with Crippen molar-refractivity contribution in [2.24, 2.45) is 0 Å². The topological polar surface area (TPSA) is 87.9 Å². The van der Waals surface area contributed by atoms with Gasteiger partial charge in [0.15, 0.2) is 5.58 Å². The lowest BCUT2D eigenvalue weighted by molar-refractivity contribution is -0.136. The first-order chi connectivity index (χ1) is 14.0. The first-order valence-corrected chi connectivity index (χ1v) is 9.16. The molecule has 0 atom stereocenters. The molecule has 0 saturated heterocycles. The highest BCUT2D eigenvalue weighted by atomic mass is 16.5. The minimum Gasteiger partial charge on any atom is -0.497 e. The molecule has 0 aliphatic heterocycles. The molecule has 1 heterocycles. The fourth-order valence-corrected chi connectivity index (χ4v) is 2.66. The summed E-state index contributed by atoms with van der Waals surface area (Å²) in [6, 6.07) is 12.0. The molecule has 0 radical (unpaired) electrons. The number of benzene rings is 2. The molecule has 0 amide bonds. The van der Waals surface area contributed by atoms with Crippen LogP contribution in [0, 0.1) is 0 Å². The van der Waals surface area contributed by atoms with E-state index in [1.165, 1.54) is 0 Å². The molecule has 3 rings (SSSR count). The number of hydrogen-bond donors (Lipinski definition) is 0. The van der Waals surface area contributed by atoms with Gasteiger partial charge in [-0.2, -0.15) is 0 Å². The summed E-state index contributed by atoms with van der Waals surface area (Å²) >= 11 is 0. The zero-order valence-electron chi connectivity index (χ0n) is 16.4. The van der Waals surface area contributed by atoms with Crippen LogP contribution >= 0.6 is 0 Å². The van der Waals surface area contributed by atoms with Crippen LogP contribution in [0.4, 0.5) is 0 Å². The predicted molar refractivity (Wildman–Crippen MR) is 107 cm³/mol. The average molecular weight is 395 g/mol. The summed E-state index contributed by atoms with van der Waals surface area (Å²) in [4.78, 5) is 28.8. The van der Waals surface area contributed by atoms with Crippen molar-refractivity contribution in [2.75, 3.05) is 20.3 Å². The average Bonchev–Trinajstić information content (AvgIpc) is 3.15. The van der Waals surface area contributed by atoms with Crippen LogP contribution in [0.2, 0.25) is 0 Å². The van der Waals surface area contributed by atoms with Gasteiger partial charge in [-0.3, -0.25) is 0 Å². The Morgan fingerprint density at radius 3 is 2.41 bits per heavy atom. The van der Waals surface area contributed by atoms with Gasteiger partial charge in [-0.05, 0) is 55.8 Å². The molecule has 0 unspecified atom stereocenters. The first kappa shape index (κ1) is 20.1. The summed E-state index contributed by atoms with van der Waals surface area (Å²) in [7, 11) is 1.58. The smallest absolute Gasteiger partial charge is 0.343 e. The van der Waals surface area contributed by atoms with Gasteiger partial charge in [0.2, 0.25) is 5.89 Å². The molecule has 29 heavy (non-hydrogen) atoms. The number of ether oxygens (including phenoxy) is 3. The van der Waals surface area contributed by atoms with Crippen molar-refractivity contribution in [1.82, 2.24) is 4.98 Å². The van der Waals surface area contributed by atoms with Gasteiger partial charge in [0.1, 0.15) is 16.8 Å². The third-order valence-corrected chi connectivity index (χ3v) is 4.05. The van der Waals surface area contributed by atoms with E-state index in [1.54, 1.807) is 69.5 Å². The van der Waals surface area contributed by atoms with E-state index >= 15 is 0 Å². The maximum absolute atomic E-state index is 12.5. The molecule has 7 heteroatoms. The van der Waals surface area contributed by atoms with Crippen molar-refractivity contribution in [2.45, 2.75) is 13.8 Å². The summed E-state index contributed by atoms with van der Waals surface area (Å²) in [6.45, 7) is 3.95. The van der Waals surface area contributed by atoms with Crippen molar-refractivity contribution in [3.05, 3.63) is 59.5 Å². The Morgan fingerprint density at radius 1 is 1.03 bits per heavy atom. The number of hydrogen-bond acceptors (Lipinski definition) is 7. The number of carbonyl (C=O) groups is 2. The number of fused-ring (bicyclic) bond motifs is 1. The Labute approximate surface area is 167 Å². The van der Waals surface area contributed by atoms with Crippen molar-refractivity contribution in [1.29, 1.82) is 0 Å². The molecule has 0 bridgehead atoms. The van der Waals surface area contributed by atoms with Crippen LogP contribution in [0.25, 0.3) is 22.7 Å². The van der Waals surface area contributed by atoms with Crippen LogP contribution in [0.15, 0.2) is 46.9 Å². The molecule has 0 spiro atoms. The fourth-order valence-electron chi connectivity index (χ4n) is 2.66. The van der Waals surface area contributed by atoms with Gasteiger partial charge < -0.3 is 18.6 Å². The van der Waals surface area contributed by atoms with Gasteiger partial charge in [0.05, 0.1) is 25.9 Å². The number of esters is 2. The van der Waals surface area contributed by atoms with E-state index in [2.05, 4.69) is 4.98 Å². The summed E-state index contributed by atoms with van der Waals surface area (Å²) in [5, 5.41) is 0. The second-order valence-corrected chi connectivity index (χ2v) is 5.97. The minimum atomic E-state index is -0.555. The van der Waals surface area contributed by atoms with E-state index in [4.69, 9.17) is 18.6 Å². The molecule has 0 aliphatic rings. The lowest BCUT2D eigenvalue weighted by atomic mass is 10.1. The zero-order chi connectivity index (χ0) is 20.8. The molecule has 0 fully saturated rings. The van der Waals surface area contributed by atoms with Gasteiger partial charge in [0, 0.05) is 0 Å². The molecule has 2 aromatic carbocycles. The van der Waals surface area contributed by atoms with Gasteiger partial charge >= 0.3 is 11.9 Å². The number of carbonyl (C=O) groups excluding carboxylic acids is 2. The Balaban J connectivity index is 2.02. The second kappa shape index (κ2) is 9.05. The van der Waals surface area contributed by atoms with Gasteiger partial charge in [-0.1, -0.05) is 12.1 Å². The molecule has 150 valence electrons. The van der Waals surface area contributed by atoms with Crippen LogP contribution in [0.5, 0.6) is 5.75 Å². The number of methoxy groups -OCH3 is 1. The summed E-state index contributed by atoms with van der Waals surface area (Å²) < 4.78 is 21.1. The van der Waals surface area contributed by atoms with E-state index in [-0.39, 0.29) is 24.7 Å². The molecule has 0 N–H and O–H groups in total. The third kappa shape index (κ3) is 4.63. The Morgan fingerprint density at radius 2 is 1.76 bits per heavy atom. The minimum absolute atomic E-state index is 0.107. The lowest BCUT2D eigenvalue weighted by Gasteiger charge is -2.04. The SMILES string of the molecule is CCOC(=O)/C(=C\c1ccc(OC)cc1)c1nc2ccc(C(=O)OCC)cc2o1. The van der Waals surface area contributed by atoms with Crippen LogP contribution < -0.4 is 4.74 Å². The highest BCUT2D eigenvalue weighted by molar-refractivity contribution is 6.20. The number of nitrogens with zero attached hydrogens (tertiary/aromatic N) is 1. The van der Waals surface area contributed by atoms with E-state index in [1.807, 2.05) is 0 Å². The Bertz CT molecular complexity index is 1050. The van der Waals surface area contributed by atoms with Crippen molar-refractivity contribution >= 4 is 34.7 Å². The van der Waals surface area contributed by atoms with Crippen molar-refractivity contribution in [3.8, 4) is 5.75 Å². The molecular weight excluding hydrogens is 374 g/mol. The summed E-state index contributed by atoms with van der Waals surface area (Å²) in [6.07, 6.45) is 1.63. The van der Waals surface area contributed by atoms with E-state index < -0.39 is 11.9 Å². The molecule has 7 nitrogen and oxygen atoms in total. The highest BCUT2D eigenvalue weighted by Gasteiger charge is 2.20. The number of aromatic nitrogens is 1. The predicted octanol–water partition coefficient (Wildman–Crippen LogP) is 4.12. The first-order valence-electron chi connectivity index (χ1n) is 9.16. The molecule has 3 aromatic rings. The van der Waals surface area contributed by atoms with Gasteiger partial charge in [-0.25, -0.2) is 14.6 Å². The van der Waals surface area contributed by atoms with E-state index in [9.17, 15) is 9.59 Å². The maximum Gasteiger partial charge on any atom is 0.343 e. The van der Waals surface area contributed by atoms with Crippen LogP contribution in [0.3, 0.4) is 0 Å². The summed E-state index contributed by atoms with van der Waals surface area (Å²) in [5.41, 5.74) is 2.15. The van der Waals surface area contributed by atoms with E-state index in [0.717, 1.165) is 5.56 Å². The molecule has 0 aliphatic carbocycles. The Kier molecular flexibility index (Phi) is 6.29. The third-order valence-electron chi connectivity index (χ3n) is 4.05.